The topological polar surface area (TPSA) is 88.1 Å². The summed E-state index contributed by atoms with van der Waals surface area (Å²) in [5.74, 6) is 0.564. The van der Waals surface area contributed by atoms with Gasteiger partial charge in [0.25, 0.3) is 15.9 Å². The third kappa shape index (κ3) is 3.87. The lowest BCUT2D eigenvalue weighted by molar-refractivity contribution is 0.102. The molecular formula is C20H23N3O4S. The number of fused-ring (bicyclic) bond motifs is 1. The van der Waals surface area contributed by atoms with Gasteiger partial charge in [-0.1, -0.05) is 19.1 Å². The normalized spacial score (nSPS) is 14.8. The van der Waals surface area contributed by atoms with Crippen LogP contribution >= 0.6 is 0 Å². The Balaban J connectivity index is 1.95. The molecule has 0 fully saturated rings. The second-order valence-corrected chi connectivity index (χ2v) is 7.90. The second-order valence-electron chi connectivity index (χ2n) is 6.33. The minimum atomic E-state index is -3.85. The molecule has 2 aromatic rings. The molecule has 0 saturated carbocycles. The molecule has 1 N–H and O–H groups in total. The van der Waals surface area contributed by atoms with Gasteiger partial charge in [0.15, 0.2) is 0 Å². The highest BCUT2D eigenvalue weighted by atomic mass is 32.2. The SMILES string of the molecule is CCCN1C(C)=NS(=O)(=O)c2cc(C(=O)Nc3ccccc3OCC)ccc21. The van der Waals surface area contributed by atoms with E-state index in [0.29, 0.717) is 36.1 Å². The summed E-state index contributed by atoms with van der Waals surface area (Å²) in [7, 11) is -3.85. The van der Waals surface area contributed by atoms with Crippen molar-refractivity contribution in [1.29, 1.82) is 0 Å². The Bertz CT molecular complexity index is 1030. The van der Waals surface area contributed by atoms with Crippen molar-refractivity contribution in [2.75, 3.05) is 23.4 Å². The fraction of sp³-hybridized carbons (Fsp3) is 0.300. The Morgan fingerprint density at radius 1 is 1.18 bits per heavy atom. The summed E-state index contributed by atoms with van der Waals surface area (Å²) >= 11 is 0. The number of rotatable bonds is 6. The fourth-order valence-corrected chi connectivity index (χ4v) is 4.35. The first-order valence-corrected chi connectivity index (χ1v) is 10.6. The van der Waals surface area contributed by atoms with E-state index < -0.39 is 15.9 Å². The van der Waals surface area contributed by atoms with Crippen molar-refractivity contribution in [2.24, 2.45) is 4.40 Å². The predicted octanol–water partition coefficient (Wildman–Crippen LogP) is 3.67. The Morgan fingerprint density at radius 3 is 2.64 bits per heavy atom. The maximum absolute atomic E-state index is 12.7. The van der Waals surface area contributed by atoms with Crippen LogP contribution < -0.4 is 15.0 Å². The maximum Gasteiger partial charge on any atom is 0.286 e. The Kier molecular flexibility index (Phi) is 5.69. The molecule has 1 amide bonds. The molecule has 2 aromatic carbocycles. The molecule has 1 heterocycles. The van der Waals surface area contributed by atoms with Gasteiger partial charge in [-0.2, -0.15) is 8.42 Å². The molecule has 8 heteroatoms. The largest absolute Gasteiger partial charge is 0.492 e. The minimum absolute atomic E-state index is 0.0392. The van der Waals surface area contributed by atoms with Crippen LogP contribution in [-0.4, -0.2) is 33.3 Å². The lowest BCUT2D eigenvalue weighted by atomic mass is 10.1. The van der Waals surface area contributed by atoms with Gasteiger partial charge in [-0.3, -0.25) is 4.79 Å². The van der Waals surface area contributed by atoms with Crippen molar-refractivity contribution in [3.63, 3.8) is 0 Å². The average molecular weight is 401 g/mol. The van der Waals surface area contributed by atoms with Crippen molar-refractivity contribution in [2.45, 2.75) is 32.1 Å². The van der Waals surface area contributed by atoms with Gasteiger partial charge < -0.3 is 15.0 Å². The summed E-state index contributed by atoms with van der Waals surface area (Å²) in [4.78, 5) is 14.6. The third-order valence-corrected chi connectivity index (χ3v) is 5.70. The molecule has 1 aliphatic heterocycles. The van der Waals surface area contributed by atoms with Gasteiger partial charge >= 0.3 is 0 Å². The van der Waals surface area contributed by atoms with Crippen LogP contribution in [0.2, 0.25) is 0 Å². The number of para-hydroxylation sites is 2. The van der Waals surface area contributed by atoms with E-state index in [9.17, 15) is 13.2 Å². The number of amides is 1. The van der Waals surface area contributed by atoms with E-state index in [1.54, 1.807) is 37.3 Å². The predicted molar refractivity (Wildman–Crippen MR) is 110 cm³/mol. The number of sulfonamides is 1. The van der Waals surface area contributed by atoms with Crippen molar-refractivity contribution in [1.82, 2.24) is 0 Å². The van der Waals surface area contributed by atoms with E-state index in [-0.39, 0.29) is 10.5 Å². The molecule has 1 aliphatic rings. The van der Waals surface area contributed by atoms with Crippen molar-refractivity contribution < 1.29 is 17.9 Å². The highest BCUT2D eigenvalue weighted by Crippen LogP contribution is 2.33. The summed E-state index contributed by atoms with van der Waals surface area (Å²) in [5.41, 5.74) is 1.30. The number of amidine groups is 1. The van der Waals surface area contributed by atoms with Crippen LogP contribution in [0.15, 0.2) is 51.8 Å². The van der Waals surface area contributed by atoms with Gasteiger partial charge in [0.05, 0.1) is 18.0 Å². The van der Waals surface area contributed by atoms with E-state index in [4.69, 9.17) is 4.74 Å². The molecule has 0 bridgehead atoms. The zero-order valence-electron chi connectivity index (χ0n) is 16.1. The van der Waals surface area contributed by atoms with Gasteiger partial charge in [0, 0.05) is 12.1 Å². The zero-order valence-corrected chi connectivity index (χ0v) is 16.9. The molecule has 7 nitrogen and oxygen atoms in total. The molecular weight excluding hydrogens is 378 g/mol. The number of nitrogens with zero attached hydrogens (tertiary/aromatic N) is 2. The Morgan fingerprint density at radius 2 is 1.93 bits per heavy atom. The average Bonchev–Trinajstić information content (AvgIpc) is 2.66. The van der Waals surface area contributed by atoms with Gasteiger partial charge in [0.1, 0.15) is 16.5 Å². The number of benzene rings is 2. The van der Waals surface area contributed by atoms with Gasteiger partial charge in [-0.15, -0.1) is 4.40 Å². The molecule has 0 unspecified atom stereocenters. The minimum Gasteiger partial charge on any atom is -0.492 e. The number of carbonyl (C=O) groups is 1. The molecule has 0 atom stereocenters. The number of anilines is 2. The summed E-state index contributed by atoms with van der Waals surface area (Å²) in [6.45, 7) is 6.65. The van der Waals surface area contributed by atoms with Crippen molar-refractivity contribution in [3.05, 3.63) is 48.0 Å². The highest BCUT2D eigenvalue weighted by molar-refractivity contribution is 7.90. The number of hydrogen-bond acceptors (Lipinski definition) is 5. The molecule has 0 aliphatic carbocycles. The fourth-order valence-electron chi connectivity index (χ4n) is 3.08. The monoisotopic (exact) mass is 401 g/mol. The van der Waals surface area contributed by atoms with E-state index in [1.165, 1.54) is 6.07 Å². The van der Waals surface area contributed by atoms with E-state index in [2.05, 4.69) is 9.71 Å². The summed E-state index contributed by atoms with van der Waals surface area (Å²) in [6.07, 6.45) is 0.836. The zero-order chi connectivity index (χ0) is 20.3. The molecule has 148 valence electrons. The number of hydrogen-bond donors (Lipinski definition) is 1. The molecule has 0 radical (unpaired) electrons. The first-order valence-electron chi connectivity index (χ1n) is 9.13. The van der Waals surface area contributed by atoms with Crippen molar-refractivity contribution >= 4 is 33.1 Å². The summed E-state index contributed by atoms with van der Waals surface area (Å²) in [6, 6.07) is 11.7. The molecule has 28 heavy (non-hydrogen) atoms. The van der Waals surface area contributed by atoms with Gasteiger partial charge in [0.2, 0.25) is 0 Å². The number of ether oxygens (including phenoxy) is 1. The van der Waals surface area contributed by atoms with Crippen LogP contribution in [0.3, 0.4) is 0 Å². The molecule has 0 spiro atoms. The van der Waals surface area contributed by atoms with E-state index in [1.807, 2.05) is 24.8 Å². The molecule has 0 saturated heterocycles. The highest BCUT2D eigenvalue weighted by Gasteiger charge is 2.29. The van der Waals surface area contributed by atoms with E-state index >= 15 is 0 Å². The van der Waals surface area contributed by atoms with Crippen LogP contribution in [0.4, 0.5) is 11.4 Å². The third-order valence-electron chi connectivity index (χ3n) is 4.32. The first kappa shape index (κ1) is 19.9. The van der Waals surface area contributed by atoms with E-state index in [0.717, 1.165) is 6.42 Å². The number of carbonyl (C=O) groups excluding carboxylic acids is 1. The Labute approximate surface area is 165 Å². The van der Waals surface area contributed by atoms with Crippen molar-refractivity contribution in [3.8, 4) is 5.75 Å². The van der Waals surface area contributed by atoms with Crippen LogP contribution in [0.5, 0.6) is 5.75 Å². The summed E-state index contributed by atoms with van der Waals surface area (Å²) < 4.78 is 34.4. The van der Waals surface area contributed by atoms with Gasteiger partial charge in [-0.25, -0.2) is 0 Å². The number of nitrogens with one attached hydrogen (secondary N) is 1. The smallest absolute Gasteiger partial charge is 0.286 e. The van der Waals surface area contributed by atoms with Gasteiger partial charge in [-0.05, 0) is 50.6 Å². The first-order chi connectivity index (χ1) is 13.4. The molecule has 3 rings (SSSR count). The van der Waals surface area contributed by atoms with Crippen LogP contribution in [0.1, 0.15) is 37.6 Å². The quantitative estimate of drug-likeness (QED) is 0.798. The lowest BCUT2D eigenvalue weighted by Gasteiger charge is -2.29. The standard InChI is InChI=1S/C20H23N3O4S/c1-4-12-23-14(3)22-28(25,26)19-13-15(10-11-17(19)23)20(24)21-16-8-6-7-9-18(16)27-5-2/h6-11,13H,4-5,12H2,1-3H3,(H,21,24). The maximum atomic E-state index is 12.7. The second kappa shape index (κ2) is 8.02. The molecule has 0 aromatic heterocycles. The van der Waals surface area contributed by atoms with Crippen LogP contribution in [0.25, 0.3) is 0 Å². The van der Waals surface area contributed by atoms with Crippen LogP contribution in [0, 0.1) is 0 Å². The van der Waals surface area contributed by atoms with Crippen LogP contribution in [-0.2, 0) is 10.0 Å². The Hall–Kier alpha value is -2.87. The summed E-state index contributed by atoms with van der Waals surface area (Å²) in [5, 5.41) is 2.78. The lowest BCUT2D eigenvalue weighted by Crippen LogP contribution is -2.34.